The number of fused-ring (bicyclic) bond motifs is 1. The highest BCUT2D eigenvalue weighted by molar-refractivity contribution is 9.10. The van der Waals surface area contributed by atoms with Crippen LogP contribution in [0.1, 0.15) is 12.0 Å². The number of carbonyl (C=O) groups excluding carboxylic acids is 1. The Balaban J connectivity index is 1.85. The molecule has 2 heterocycles. The van der Waals surface area contributed by atoms with Gasteiger partial charge in [0.15, 0.2) is 11.5 Å². The Labute approximate surface area is 149 Å². The molecule has 1 amide bonds. The minimum atomic E-state index is -0.971. The number of aliphatic carboxylic acids is 1. The summed E-state index contributed by atoms with van der Waals surface area (Å²) in [4.78, 5) is 24.8. The summed E-state index contributed by atoms with van der Waals surface area (Å²) < 4.78 is 11.7. The molecule has 1 fully saturated rings. The lowest BCUT2D eigenvalue weighted by atomic mass is 10.2. The molecule has 0 atom stereocenters. The second kappa shape index (κ2) is 6.50. The van der Waals surface area contributed by atoms with Gasteiger partial charge >= 0.3 is 5.97 Å². The third kappa shape index (κ3) is 3.36. The third-order valence-corrected chi connectivity index (χ3v) is 5.27. The maximum Gasteiger partial charge on any atom is 0.305 e. The SMILES string of the molecule is O=C(O)CCN1C(=O)C(=Cc2cc3c(cc2Br)OCO3)SC1=S. The van der Waals surface area contributed by atoms with E-state index in [0.717, 1.165) is 21.8 Å². The van der Waals surface area contributed by atoms with Gasteiger partial charge in [0, 0.05) is 11.0 Å². The molecule has 23 heavy (non-hydrogen) atoms. The molecule has 0 unspecified atom stereocenters. The number of thioether (sulfide) groups is 1. The average Bonchev–Trinajstić information content (AvgIpc) is 3.03. The Morgan fingerprint density at radius 1 is 1.43 bits per heavy atom. The number of amides is 1. The molecule has 3 rings (SSSR count). The molecule has 0 saturated carbocycles. The van der Waals surface area contributed by atoms with Crippen LogP contribution in [0.5, 0.6) is 11.5 Å². The molecule has 1 aromatic carbocycles. The van der Waals surface area contributed by atoms with Crippen LogP contribution in [0.25, 0.3) is 6.08 Å². The van der Waals surface area contributed by atoms with Gasteiger partial charge in [-0.3, -0.25) is 14.5 Å². The Morgan fingerprint density at radius 3 is 2.83 bits per heavy atom. The Kier molecular flexibility index (Phi) is 4.60. The summed E-state index contributed by atoms with van der Waals surface area (Å²) in [7, 11) is 0. The molecule has 120 valence electrons. The van der Waals surface area contributed by atoms with Crippen molar-refractivity contribution in [2.45, 2.75) is 6.42 Å². The largest absolute Gasteiger partial charge is 0.481 e. The zero-order valence-electron chi connectivity index (χ0n) is 11.6. The molecular formula is C14H10BrNO5S2. The van der Waals surface area contributed by atoms with E-state index in [1.165, 1.54) is 4.90 Å². The minimum absolute atomic E-state index is 0.0691. The van der Waals surface area contributed by atoms with Gasteiger partial charge in [-0.05, 0) is 23.8 Å². The maximum atomic E-state index is 12.4. The second-order valence-corrected chi connectivity index (χ2v) is 7.23. The van der Waals surface area contributed by atoms with E-state index in [4.69, 9.17) is 26.8 Å². The number of carbonyl (C=O) groups is 2. The zero-order valence-corrected chi connectivity index (χ0v) is 14.8. The fourth-order valence-electron chi connectivity index (χ4n) is 2.08. The first kappa shape index (κ1) is 16.3. The van der Waals surface area contributed by atoms with Crippen LogP contribution in [0, 0.1) is 0 Å². The van der Waals surface area contributed by atoms with E-state index >= 15 is 0 Å². The molecule has 0 bridgehead atoms. The van der Waals surface area contributed by atoms with Gasteiger partial charge in [0.1, 0.15) is 4.32 Å². The van der Waals surface area contributed by atoms with E-state index in [0.29, 0.717) is 20.7 Å². The molecule has 6 nitrogen and oxygen atoms in total. The van der Waals surface area contributed by atoms with Crippen LogP contribution in [0.4, 0.5) is 0 Å². The van der Waals surface area contributed by atoms with Crippen molar-refractivity contribution < 1.29 is 24.2 Å². The van der Waals surface area contributed by atoms with Crippen LogP contribution in [-0.4, -0.2) is 39.5 Å². The normalized spacial score (nSPS) is 18.1. The Hall–Kier alpha value is -1.58. The quantitative estimate of drug-likeness (QED) is 0.598. The molecule has 1 saturated heterocycles. The van der Waals surface area contributed by atoms with Crippen LogP contribution in [0.2, 0.25) is 0 Å². The molecule has 1 N–H and O–H groups in total. The van der Waals surface area contributed by atoms with E-state index in [9.17, 15) is 9.59 Å². The van der Waals surface area contributed by atoms with Gasteiger partial charge in [-0.15, -0.1) is 0 Å². The van der Waals surface area contributed by atoms with E-state index in [2.05, 4.69) is 15.9 Å². The van der Waals surface area contributed by atoms with Crippen LogP contribution < -0.4 is 9.47 Å². The van der Waals surface area contributed by atoms with Gasteiger partial charge < -0.3 is 14.6 Å². The molecule has 0 radical (unpaired) electrons. The Bertz CT molecular complexity index is 749. The van der Waals surface area contributed by atoms with Crippen LogP contribution in [0.3, 0.4) is 0 Å². The van der Waals surface area contributed by atoms with E-state index in [1.807, 2.05) is 0 Å². The number of rotatable bonds is 4. The van der Waals surface area contributed by atoms with Crippen molar-refractivity contribution in [1.82, 2.24) is 4.90 Å². The number of carboxylic acids is 1. The summed E-state index contributed by atoms with van der Waals surface area (Å²) in [5, 5.41) is 8.74. The summed E-state index contributed by atoms with van der Waals surface area (Å²) in [5.41, 5.74) is 0.757. The lowest BCUT2D eigenvalue weighted by Crippen LogP contribution is -2.30. The van der Waals surface area contributed by atoms with Crippen molar-refractivity contribution in [1.29, 1.82) is 0 Å². The smallest absolute Gasteiger partial charge is 0.305 e. The van der Waals surface area contributed by atoms with E-state index < -0.39 is 5.97 Å². The average molecular weight is 416 g/mol. The summed E-state index contributed by atoms with van der Waals surface area (Å²) >= 11 is 9.74. The molecule has 0 aliphatic carbocycles. The van der Waals surface area contributed by atoms with Crippen molar-refractivity contribution in [2.75, 3.05) is 13.3 Å². The van der Waals surface area contributed by atoms with E-state index in [-0.39, 0.29) is 25.7 Å². The first-order valence-corrected chi connectivity index (χ1v) is 8.54. The highest BCUT2D eigenvalue weighted by Crippen LogP contribution is 2.39. The van der Waals surface area contributed by atoms with Crippen molar-refractivity contribution in [3.63, 3.8) is 0 Å². The van der Waals surface area contributed by atoms with Gasteiger partial charge in [-0.25, -0.2) is 0 Å². The zero-order chi connectivity index (χ0) is 16.6. The summed E-state index contributed by atoms with van der Waals surface area (Å²) in [5.74, 6) is -0.00352. The number of ether oxygens (including phenoxy) is 2. The van der Waals surface area contributed by atoms with Gasteiger partial charge in [-0.1, -0.05) is 39.9 Å². The van der Waals surface area contributed by atoms with Gasteiger partial charge in [0.2, 0.25) is 6.79 Å². The second-order valence-electron chi connectivity index (χ2n) is 4.70. The topological polar surface area (TPSA) is 76.1 Å². The summed E-state index contributed by atoms with van der Waals surface area (Å²) in [6, 6.07) is 3.55. The van der Waals surface area contributed by atoms with Crippen molar-refractivity contribution in [3.8, 4) is 11.5 Å². The number of carboxylic acid groups (broad SMARTS) is 1. The van der Waals surface area contributed by atoms with Crippen molar-refractivity contribution >= 4 is 62.2 Å². The molecule has 2 aliphatic heterocycles. The number of hydrogen-bond donors (Lipinski definition) is 1. The highest BCUT2D eigenvalue weighted by atomic mass is 79.9. The first-order valence-electron chi connectivity index (χ1n) is 6.52. The van der Waals surface area contributed by atoms with Crippen molar-refractivity contribution in [3.05, 3.63) is 27.1 Å². The number of halogens is 1. The molecule has 2 aliphatic rings. The number of benzene rings is 1. The third-order valence-electron chi connectivity index (χ3n) is 3.20. The first-order chi connectivity index (χ1) is 11.0. The standard InChI is InChI=1S/C14H10BrNO5S2/c15-8-5-10-9(20-6-21-10)3-7(8)4-11-13(19)16(14(22)23-11)2-1-12(17)18/h3-5H,1-2,6H2,(H,17,18). The Morgan fingerprint density at radius 2 is 2.13 bits per heavy atom. The highest BCUT2D eigenvalue weighted by Gasteiger charge is 2.32. The van der Waals surface area contributed by atoms with Gasteiger partial charge in [0.05, 0.1) is 11.3 Å². The molecular weight excluding hydrogens is 406 g/mol. The summed E-state index contributed by atoms with van der Waals surface area (Å²) in [6.07, 6.45) is 1.56. The molecule has 9 heteroatoms. The maximum absolute atomic E-state index is 12.4. The molecule has 0 aromatic heterocycles. The molecule has 1 aromatic rings. The summed E-state index contributed by atoms with van der Waals surface area (Å²) in [6.45, 7) is 0.238. The minimum Gasteiger partial charge on any atom is -0.481 e. The van der Waals surface area contributed by atoms with Gasteiger partial charge in [0.25, 0.3) is 5.91 Å². The lowest BCUT2D eigenvalue weighted by Gasteiger charge is -2.12. The fourth-order valence-corrected chi connectivity index (χ4v) is 3.82. The van der Waals surface area contributed by atoms with E-state index in [1.54, 1.807) is 18.2 Å². The van der Waals surface area contributed by atoms with Crippen LogP contribution >= 0.6 is 39.9 Å². The number of hydrogen-bond acceptors (Lipinski definition) is 6. The van der Waals surface area contributed by atoms with Crippen LogP contribution in [0.15, 0.2) is 21.5 Å². The van der Waals surface area contributed by atoms with Gasteiger partial charge in [-0.2, -0.15) is 0 Å². The van der Waals surface area contributed by atoms with Crippen LogP contribution in [-0.2, 0) is 9.59 Å². The number of nitrogens with zero attached hydrogens (tertiary/aromatic N) is 1. The lowest BCUT2D eigenvalue weighted by molar-refractivity contribution is -0.137. The number of thiocarbonyl (C=S) groups is 1. The predicted molar refractivity (Wildman–Crippen MR) is 92.4 cm³/mol. The monoisotopic (exact) mass is 415 g/mol. The molecule has 0 spiro atoms. The van der Waals surface area contributed by atoms with Crippen molar-refractivity contribution in [2.24, 2.45) is 0 Å². The fraction of sp³-hybridized carbons (Fsp3) is 0.214. The predicted octanol–water partition coefficient (Wildman–Crippen LogP) is 2.85.